The summed E-state index contributed by atoms with van der Waals surface area (Å²) < 4.78 is 5.34. The van der Waals surface area contributed by atoms with Crippen molar-refractivity contribution in [2.24, 2.45) is 75.9 Å². The average molecular weight is 693 g/mol. The summed E-state index contributed by atoms with van der Waals surface area (Å²) >= 11 is 0. The van der Waals surface area contributed by atoms with E-state index in [1.165, 1.54) is 30.0 Å². The molecule has 18 aliphatic rings. The van der Waals surface area contributed by atoms with Crippen LogP contribution in [0.5, 0.6) is 0 Å². The second-order valence-corrected chi connectivity index (χ2v) is 21.6. The van der Waals surface area contributed by atoms with Gasteiger partial charge in [0, 0.05) is 51.8 Å². The van der Waals surface area contributed by atoms with E-state index in [9.17, 15) is 4.79 Å². The quantitative estimate of drug-likeness (QED) is 0.258. The molecule has 8 saturated carbocycles. The summed E-state index contributed by atoms with van der Waals surface area (Å²) in [5.74, 6) is 9.04. The van der Waals surface area contributed by atoms with Crippen molar-refractivity contribution in [2.45, 2.75) is 55.3 Å². The number of allylic oxidation sites excluding steroid dienone is 10. The van der Waals surface area contributed by atoms with Crippen LogP contribution in [0.3, 0.4) is 0 Å². The molecule has 0 saturated heterocycles. The van der Waals surface area contributed by atoms with Crippen molar-refractivity contribution in [3.8, 4) is 0 Å². The Bertz CT molecular complexity index is 3180. The lowest BCUT2D eigenvalue weighted by Crippen LogP contribution is -2.88. The molecule has 0 N–H and O–H groups in total. The summed E-state index contributed by atoms with van der Waals surface area (Å²) in [6.45, 7) is 0. The second-order valence-electron chi connectivity index (χ2n) is 21.6. The molecular formula is C52H36O2. The fraction of sp³-hybridized carbons (Fsp3) is 0.442. The summed E-state index contributed by atoms with van der Waals surface area (Å²) in [6.07, 6.45) is 12.5. The van der Waals surface area contributed by atoms with Crippen molar-refractivity contribution in [2.75, 3.05) is 7.11 Å². The zero-order valence-corrected chi connectivity index (χ0v) is 30.2. The van der Waals surface area contributed by atoms with Gasteiger partial charge in [0.2, 0.25) is 0 Å². The molecule has 2 nitrogen and oxygen atoms in total. The Morgan fingerprint density at radius 1 is 0.815 bits per heavy atom. The fourth-order valence-electron chi connectivity index (χ4n) is 22.8. The smallest absolute Gasteiger partial charge is 0.305 e. The second kappa shape index (κ2) is 6.43. The number of carbonyl (C=O) groups is 1. The third kappa shape index (κ3) is 1.58. The van der Waals surface area contributed by atoms with E-state index < -0.39 is 0 Å². The molecule has 16 atom stereocenters. The van der Waals surface area contributed by atoms with E-state index in [0.29, 0.717) is 46.8 Å². The largest absolute Gasteiger partial charge is 0.469 e. The summed E-state index contributed by atoms with van der Waals surface area (Å²) in [5.41, 5.74) is 29.1. The number of ether oxygens (including phenoxy) is 1. The highest BCUT2D eigenvalue weighted by molar-refractivity contribution is 6.19. The molecule has 2 bridgehead atoms. The van der Waals surface area contributed by atoms with Crippen molar-refractivity contribution in [1.29, 1.82) is 0 Å². The molecule has 3 aromatic carbocycles. The van der Waals surface area contributed by atoms with Crippen LogP contribution in [0.1, 0.15) is 72.3 Å². The SMILES string of the molecule is COC(=O)CCCC1(c2ccc3ccccc3c2)C23c4c5c6c7c8c4=C4CCC=8C8C=C9C%10=CC%11C%12CC%13C%14C(=C5C5=C(C%11C%10C(=C56)C9C78)C%12%14)C25C%13C15[C@@H]43. The molecule has 0 amide bonds. The molecule has 3 aromatic rings. The number of benzene rings is 3. The predicted octanol–water partition coefficient (Wildman–Crippen LogP) is 7.55. The van der Waals surface area contributed by atoms with E-state index in [1.807, 2.05) is 82.8 Å². The molecule has 0 aliphatic heterocycles. The summed E-state index contributed by atoms with van der Waals surface area (Å²) in [4.78, 5) is 12.9. The number of hydrogen-bond acceptors (Lipinski definition) is 2. The van der Waals surface area contributed by atoms with Crippen LogP contribution in [0.25, 0.3) is 33.1 Å². The van der Waals surface area contributed by atoms with Crippen LogP contribution in [-0.2, 0) is 20.4 Å². The van der Waals surface area contributed by atoms with Crippen LogP contribution >= 0.6 is 0 Å². The molecule has 256 valence electrons. The average Bonchev–Trinajstić information content (AvgIpc) is 4.01. The van der Waals surface area contributed by atoms with Gasteiger partial charge in [-0.15, -0.1) is 0 Å². The van der Waals surface area contributed by atoms with Crippen LogP contribution in [0.15, 0.2) is 88.1 Å². The zero-order valence-electron chi connectivity index (χ0n) is 30.2. The van der Waals surface area contributed by atoms with Crippen LogP contribution in [-0.4, -0.2) is 13.1 Å². The fourth-order valence-corrected chi connectivity index (χ4v) is 22.8. The van der Waals surface area contributed by atoms with Crippen molar-refractivity contribution < 1.29 is 9.53 Å². The molecule has 15 unspecified atom stereocenters. The minimum Gasteiger partial charge on any atom is -0.469 e. The standard InChI is InChI=1S/C52H36O2/c1-54-28(53)7-4-12-49(19-9-8-17-5-2-3-6-18(17)13-19)50-45-35-21-11-10-20-22-14-23-24-15-25-26-16-27-36-34(26)39-33(25)32(24)38-31(23)30(22)37(29(20)35)41-40(38)42(39)44(43(41)45)46(36)51(50)48(27)52(49,51)47(21)50/h2-3,5-6,8-9,13-15,22,25-27,30-34,36,47-48H,4,7,10-12,16H2,1H3/t22?,25?,26?,27?,30?,31?,32?,33?,34?,36?,47-,48?,49?,50?,51?,52?/m0/s1. The maximum Gasteiger partial charge on any atom is 0.305 e. The first-order valence-electron chi connectivity index (χ1n) is 21.9. The molecule has 8 fully saturated rings. The normalized spacial score (nSPS) is 52.1. The van der Waals surface area contributed by atoms with E-state index in [1.54, 1.807) is 12.7 Å². The third-order valence-electron chi connectivity index (χ3n) is 22.2. The van der Waals surface area contributed by atoms with Crippen LogP contribution in [0.4, 0.5) is 0 Å². The first-order chi connectivity index (χ1) is 26.7. The molecule has 0 radical (unpaired) electrons. The number of methoxy groups -OCH3 is 1. The number of rotatable bonds is 5. The predicted molar refractivity (Wildman–Crippen MR) is 203 cm³/mol. The lowest BCUT2D eigenvalue weighted by molar-refractivity contribution is -0.258. The van der Waals surface area contributed by atoms with Crippen molar-refractivity contribution in [3.63, 3.8) is 0 Å². The molecular weight excluding hydrogens is 657 g/mol. The Balaban J connectivity index is 1.01. The van der Waals surface area contributed by atoms with E-state index in [2.05, 4.69) is 60.2 Å². The van der Waals surface area contributed by atoms with Crippen LogP contribution in [0.2, 0.25) is 0 Å². The van der Waals surface area contributed by atoms with Gasteiger partial charge in [0.05, 0.1) is 7.11 Å². The van der Waals surface area contributed by atoms with Gasteiger partial charge in [-0.3, -0.25) is 4.79 Å². The van der Waals surface area contributed by atoms with Gasteiger partial charge in [-0.05, 0) is 167 Å². The van der Waals surface area contributed by atoms with E-state index >= 15 is 0 Å². The van der Waals surface area contributed by atoms with Crippen molar-refractivity contribution in [3.05, 3.63) is 126 Å². The van der Waals surface area contributed by atoms with E-state index in [-0.39, 0.29) is 16.8 Å². The molecule has 0 heterocycles. The molecule has 21 rings (SSSR count). The minimum absolute atomic E-state index is 0.0295. The Morgan fingerprint density at radius 3 is 2.61 bits per heavy atom. The molecule has 18 aliphatic carbocycles. The zero-order chi connectivity index (χ0) is 33.8. The lowest BCUT2D eigenvalue weighted by Gasteiger charge is -2.86. The first-order valence-corrected chi connectivity index (χ1v) is 21.9. The van der Waals surface area contributed by atoms with E-state index in [0.717, 1.165) is 54.3 Å². The highest BCUT2D eigenvalue weighted by atomic mass is 16.5. The summed E-state index contributed by atoms with van der Waals surface area (Å²) in [5, 5.41) is 6.42. The highest BCUT2D eigenvalue weighted by Gasteiger charge is 3.18. The first kappa shape index (κ1) is 25.1. The minimum atomic E-state index is -0.0295. The molecule has 3 spiro atoms. The maximum atomic E-state index is 12.9. The van der Waals surface area contributed by atoms with Gasteiger partial charge in [0.1, 0.15) is 0 Å². The number of esters is 1. The van der Waals surface area contributed by atoms with Gasteiger partial charge in [-0.1, -0.05) is 71.3 Å². The van der Waals surface area contributed by atoms with Gasteiger partial charge < -0.3 is 4.74 Å². The molecule has 0 aromatic heterocycles. The van der Waals surface area contributed by atoms with E-state index in [4.69, 9.17) is 4.74 Å². The number of hydrogen-bond donors (Lipinski definition) is 0. The molecule has 2 heteroatoms. The maximum absolute atomic E-state index is 12.9. The number of carbonyl (C=O) groups excluding carboxylic acids is 1. The van der Waals surface area contributed by atoms with Gasteiger partial charge in [0.25, 0.3) is 0 Å². The van der Waals surface area contributed by atoms with Crippen LogP contribution < -0.4 is 10.4 Å². The lowest BCUT2D eigenvalue weighted by atomic mass is 9.14. The Morgan fingerprint density at radius 2 is 1.69 bits per heavy atom. The summed E-state index contributed by atoms with van der Waals surface area (Å²) in [7, 11) is 1.59. The van der Waals surface area contributed by atoms with Gasteiger partial charge in [0.15, 0.2) is 0 Å². The summed E-state index contributed by atoms with van der Waals surface area (Å²) in [6, 6.07) is 16.9. The number of fused-ring (bicyclic) bond motifs is 5. The molecule has 54 heavy (non-hydrogen) atoms. The van der Waals surface area contributed by atoms with Crippen molar-refractivity contribution >= 4 is 39.0 Å². The third-order valence-corrected chi connectivity index (χ3v) is 22.2. The Kier molecular flexibility index (Phi) is 2.99. The van der Waals surface area contributed by atoms with Crippen LogP contribution in [0, 0.1) is 75.9 Å². The Hall–Kier alpha value is -4.17. The van der Waals surface area contributed by atoms with Gasteiger partial charge in [-0.25, -0.2) is 0 Å². The van der Waals surface area contributed by atoms with Gasteiger partial charge in [-0.2, -0.15) is 0 Å². The highest BCUT2D eigenvalue weighted by Crippen LogP contribution is 3.18. The van der Waals surface area contributed by atoms with Crippen molar-refractivity contribution in [1.82, 2.24) is 0 Å². The Labute approximate surface area is 312 Å². The van der Waals surface area contributed by atoms with Gasteiger partial charge >= 0.3 is 5.97 Å². The topological polar surface area (TPSA) is 26.3 Å². The monoisotopic (exact) mass is 692 g/mol.